The topological polar surface area (TPSA) is 118 Å². The lowest BCUT2D eigenvalue weighted by atomic mass is 9.90. The van der Waals surface area contributed by atoms with Crippen molar-refractivity contribution in [3.63, 3.8) is 0 Å². The average Bonchev–Trinajstić information content (AvgIpc) is 3.41. The van der Waals surface area contributed by atoms with E-state index >= 15 is 0 Å². The summed E-state index contributed by atoms with van der Waals surface area (Å²) in [5.74, 6) is 0.784. The smallest absolute Gasteiger partial charge is 0.258 e. The van der Waals surface area contributed by atoms with Gasteiger partial charge in [-0.15, -0.1) is 10.2 Å². The van der Waals surface area contributed by atoms with Crippen molar-refractivity contribution < 1.29 is 4.79 Å². The molecule has 1 aliphatic heterocycles. The van der Waals surface area contributed by atoms with E-state index in [0.717, 1.165) is 40.8 Å². The number of nitrogens with zero attached hydrogens (tertiary/aromatic N) is 5. The first kappa shape index (κ1) is 23.6. The lowest BCUT2D eigenvalue weighted by Gasteiger charge is -2.31. The number of aromatic amines is 1. The summed E-state index contributed by atoms with van der Waals surface area (Å²) in [5, 5.41) is 17.3. The van der Waals surface area contributed by atoms with Crippen molar-refractivity contribution in [2.45, 2.75) is 53.0 Å². The summed E-state index contributed by atoms with van der Waals surface area (Å²) in [7, 11) is 0. The van der Waals surface area contributed by atoms with E-state index in [1.165, 1.54) is 0 Å². The van der Waals surface area contributed by atoms with Crippen LogP contribution in [-0.2, 0) is 24.2 Å². The number of aromatic nitrogens is 6. The predicted molar refractivity (Wildman–Crippen MR) is 137 cm³/mol. The summed E-state index contributed by atoms with van der Waals surface area (Å²) in [6, 6.07) is 16.1. The van der Waals surface area contributed by atoms with Crippen LogP contribution in [0.25, 0.3) is 22.5 Å². The van der Waals surface area contributed by atoms with Gasteiger partial charge in [0.1, 0.15) is 0 Å². The van der Waals surface area contributed by atoms with E-state index in [-0.39, 0.29) is 11.5 Å². The summed E-state index contributed by atoms with van der Waals surface area (Å²) in [6.45, 7) is 6.11. The van der Waals surface area contributed by atoms with E-state index in [1.807, 2.05) is 62.4 Å². The van der Waals surface area contributed by atoms with Gasteiger partial charge in [-0.2, -0.15) is 5.21 Å². The quantitative estimate of drug-likeness (QED) is 0.410. The van der Waals surface area contributed by atoms with Crippen LogP contribution in [0.2, 0.25) is 0 Å². The number of unbranched alkanes of at least 4 members (excludes halogenated alkanes) is 1. The monoisotopic (exact) mass is 483 g/mol. The Kier molecular flexibility index (Phi) is 6.22. The number of carbonyl (C=O) groups is 1. The van der Waals surface area contributed by atoms with Gasteiger partial charge in [0.2, 0.25) is 17.7 Å². The predicted octanol–water partition coefficient (Wildman–Crippen LogP) is 4.00. The van der Waals surface area contributed by atoms with Gasteiger partial charge < -0.3 is 0 Å². The zero-order chi connectivity index (χ0) is 25.3. The summed E-state index contributed by atoms with van der Waals surface area (Å²) in [5.41, 5.74) is 4.64. The van der Waals surface area contributed by atoms with Gasteiger partial charge in [0.05, 0.1) is 11.1 Å². The molecule has 0 aliphatic carbocycles. The van der Waals surface area contributed by atoms with Crippen molar-refractivity contribution in [1.82, 2.24) is 30.2 Å². The van der Waals surface area contributed by atoms with Crippen molar-refractivity contribution >= 4 is 11.9 Å². The van der Waals surface area contributed by atoms with Crippen molar-refractivity contribution in [3.05, 3.63) is 75.7 Å². The molecule has 4 aromatic rings. The third-order valence-corrected chi connectivity index (χ3v) is 6.67. The number of anilines is 1. The number of tetrazole rings is 1. The molecule has 9 heteroatoms. The summed E-state index contributed by atoms with van der Waals surface area (Å²) in [6.07, 6.45) is 3.10. The largest absolute Gasteiger partial charge is 0.295 e. The first-order valence-corrected chi connectivity index (χ1v) is 12.2. The third-order valence-electron chi connectivity index (χ3n) is 6.67. The number of amides is 1. The molecule has 1 amide bonds. The summed E-state index contributed by atoms with van der Waals surface area (Å²) >= 11 is 0. The molecule has 0 saturated heterocycles. The molecular formula is C27H29N7O2. The normalized spacial score (nSPS) is 14.4. The van der Waals surface area contributed by atoms with Crippen LogP contribution in [0.15, 0.2) is 53.3 Å². The van der Waals surface area contributed by atoms with Gasteiger partial charge in [-0.3, -0.25) is 19.5 Å². The Labute approximate surface area is 209 Å². The van der Waals surface area contributed by atoms with Crippen LogP contribution in [0.3, 0.4) is 0 Å². The molecule has 1 aliphatic rings. The number of rotatable bonds is 7. The van der Waals surface area contributed by atoms with Crippen molar-refractivity contribution in [2.75, 3.05) is 5.32 Å². The van der Waals surface area contributed by atoms with Gasteiger partial charge in [0.25, 0.3) is 5.56 Å². The number of hydrogen-bond donors (Lipinski definition) is 2. The average molecular weight is 484 g/mol. The highest BCUT2D eigenvalue weighted by molar-refractivity contribution is 5.94. The highest BCUT2D eigenvalue weighted by Gasteiger charge is 2.35. The molecule has 9 nitrogen and oxygen atoms in total. The number of hydrogen-bond acceptors (Lipinski definition) is 6. The molecule has 2 aromatic carbocycles. The summed E-state index contributed by atoms with van der Waals surface area (Å²) in [4.78, 5) is 30.8. The van der Waals surface area contributed by atoms with Gasteiger partial charge in [0, 0.05) is 24.1 Å². The zero-order valence-electron chi connectivity index (χ0n) is 20.7. The second-order valence-electron chi connectivity index (χ2n) is 9.85. The number of nitrogens with one attached hydrogen (secondary N) is 2. The van der Waals surface area contributed by atoms with Gasteiger partial charge in [-0.25, -0.2) is 4.98 Å². The van der Waals surface area contributed by atoms with Gasteiger partial charge in [-0.05, 0) is 48.6 Å². The van der Waals surface area contributed by atoms with E-state index in [0.29, 0.717) is 36.7 Å². The summed E-state index contributed by atoms with van der Waals surface area (Å²) < 4.78 is 1.61. The van der Waals surface area contributed by atoms with Gasteiger partial charge in [-0.1, -0.05) is 61.9 Å². The minimum absolute atomic E-state index is 0.0780. The Morgan fingerprint density at radius 3 is 2.47 bits per heavy atom. The highest BCUT2D eigenvalue weighted by Crippen LogP contribution is 2.30. The van der Waals surface area contributed by atoms with E-state index < -0.39 is 5.41 Å². The van der Waals surface area contributed by atoms with Crippen molar-refractivity contribution in [1.29, 1.82) is 0 Å². The van der Waals surface area contributed by atoms with Crippen LogP contribution < -0.4 is 10.9 Å². The Morgan fingerprint density at radius 1 is 1.03 bits per heavy atom. The minimum Gasteiger partial charge on any atom is -0.295 e. The molecule has 0 saturated carbocycles. The molecule has 0 bridgehead atoms. The molecule has 0 radical (unpaired) electrons. The van der Waals surface area contributed by atoms with Crippen molar-refractivity contribution in [3.8, 4) is 22.5 Å². The minimum atomic E-state index is -0.672. The second kappa shape index (κ2) is 9.49. The fourth-order valence-electron chi connectivity index (χ4n) is 4.56. The molecule has 184 valence electrons. The lowest BCUT2D eigenvalue weighted by molar-refractivity contribution is -0.125. The van der Waals surface area contributed by atoms with E-state index in [1.54, 1.807) is 4.57 Å². The Bertz CT molecular complexity index is 1450. The second-order valence-corrected chi connectivity index (χ2v) is 9.85. The number of H-pyrrole nitrogens is 1. The fourth-order valence-corrected chi connectivity index (χ4v) is 4.56. The molecule has 2 N–H and O–H groups in total. The van der Waals surface area contributed by atoms with Crippen LogP contribution in [-0.4, -0.2) is 36.1 Å². The van der Waals surface area contributed by atoms with Crippen LogP contribution in [0.1, 0.15) is 50.4 Å². The third kappa shape index (κ3) is 4.44. The molecule has 2 aromatic heterocycles. The van der Waals surface area contributed by atoms with Gasteiger partial charge >= 0.3 is 0 Å². The molecular weight excluding hydrogens is 454 g/mol. The van der Waals surface area contributed by atoms with Gasteiger partial charge in [0.15, 0.2) is 0 Å². The number of benzene rings is 2. The standard InChI is InChI=1S/C27H29N7O2/c1-4-5-10-22-21(24(35)34-16-27(2,3)25(36)29-26(34)28-22)15-17-11-13-18(14-12-17)19-8-6-7-9-20(19)23-30-32-33-31-23/h6-9,11-14H,4-5,10,15-16H2,1-3H3,(H,28,29,36)(H,30,31,32,33). The first-order valence-electron chi connectivity index (χ1n) is 12.2. The maximum atomic E-state index is 13.6. The molecule has 3 heterocycles. The Balaban J connectivity index is 1.49. The molecule has 0 fully saturated rings. The zero-order valence-corrected chi connectivity index (χ0v) is 20.7. The van der Waals surface area contributed by atoms with E-state index in [2.05, 4.69) is 32.9 Å². The molecule has 5 rings (SSSR count). The van der Waals surface area contributed by atoms with Crippen molar-refractivity contribution in [2.24, 2.45) is 5.41 Å². The number of aryl methyl sites for hydroxylation is 1. The lowest BCUT2D eigenvalue weighted by Crippen LogP contribution is -2.46. The van der Waals surface area contributed by atoms with Crippen LogP contribution in [0.4, 0.5) is 5.95 Å². The fraction of sp³-hybridized carbons (Fsp3) is 0.333. The maximum Gasteiger partial charge on any atom is 0.258 e. The van der Waals surface area contributed by atoms with Crippen LogP contribution in [0.5, 0.6) is 0 Å². The Hall–Kier alpha value is -4.14. The molecule has 0 atom stereocenters. The number of carbonyl (C=O) groups excluding carboxylic acids is 1. The van der Waals surface area contributed by atoms with E-state index in [9.17, 15) is 9.59 Å². The molecule has 36 heavy (non-hydrogen) atoms. The SMILES string of the molecule is CCCCc1nc2n(c(=O)c1Cc1ccc(-c3ccccc3-c3nn[nH]n3)cc1)CC(C)(C)C(=O)N2. The maximum absolute atomic E-state index is 13.6. The van der Waals surface area contributed by atoms with Crippen LogP contribution in [0, 0.1) is 5.41 Å². The Morgan fingerprint density at radius 2 is 1.78 bits per heavy atom. The van der Waals surface area contributed by atoms with Crippen LogP contribution >= 0.6 is 0 Å². The highest BCUT2D eigenvalue weighted by atomic mass is 16.2. The molecule has 0 spiro atoms. The van der Waals surface area contributed by atoms with E-state index in [4.69, 9.17) is 4.98 Å². The number of fused-ring (bicyclic) bond motifs is 1. The molecule has 0 unspecified atom stereocenters. The first-order chi connectivity index (χ1) is 17.4.